The summed E-state index contributed by atoms with van der Waals surface area (Å²) < 4.78 is 0. The average Bonchev–Trinajstić information content (AvgIpc) is 3.11. The quantitative estimate of drug-likeness (QED) is 0.584. The van der Waals surface area contributed by atoms with E-state index in [0.717, 1.165) is 35.7 Å². The molecule has 3 aliphatic heterocycles. The minimum absolute atomic E-state index is 0.0117. The number of anilines is 3. The lowest BCUT2D eigenvalue weighted by molar-refractivity contribution is -0.125. The van der Waals surface area contributed by atoms with Crippen LogP contribution in [0.2, 0.25) is 5.02 Å². The maximum atomic E-state index is 14.2. The lowest BCUT2D eigenvalue weighted by Gasteiger charge is -2.53. The van der Waals surface area contributed by atoms with E-state index in [2.05, 4.69) is 19.8 Å². The van der Waals surface area contributed by atoms with Crippen LogP contribution in [-0.4, -0.2) is 47.3 Å². The van der Waals surface area contributed by atoms with Crippen molar-refractivity contribution in [2.45, 2.75) is 19.4 Å². The van der Waals surface area contributed by atoms with Gasteiger partial charge < -0.3 is 9.80 Å². The van der Waals surface area contributed by atoms with Gasteiger partial charge in [0.25, 0.3) is 5.91 Å². The van der Waals surface area contributed by atoms with Crippen LogP contribution in [0.5, 0.6) is 0 Å². The van der Waals surface area contributed by atoms with Gasteiger partial charge in [0.05, 0.1) is 17.4 Å². The topological polar surface area (TPSA) is 64.9 Å². The molecule has 1 spiro atoms. The summed E-state index contributed by atoms with van der Waals surface area (Å²) in [5.74, 6) is 0.696. The van der Waals surface area contributed by atoms with Crippen LogP contribution in [0.1, 0.15) is 12.5 Å². The summed E-state index contributed by atoms with van der Waals surface area (Å²) >= 11 is 6.39. The predicted octanol–water partition coefficient (Wildman–Crippen LogP) is 3.79. The Morgan fingerprint density at radius 1 is 1.03 bits per heavy atom. The van der Waals surface area contributed by atoms with Crippen LogP contribution in [0.25, 0.3) is 0 Å². The maximum absolute atomic E-state index is 14.2. The molecular weight excluding hydrogens is 436 g/mol. The third-order valence-electron chi connectivity index (χ3n) is 7.08. The number of benzene rings is 2. The molecule has 0 bridgehead atoms. The number of hydrazone groups is 1. The van der Waals surface area contributed by atoms with E-state index in [0.29, 0.717) is 23.9 Å². The summed E-state index contributed by atoms with van der Waals surface area (Å²) in [7, 11) is 0. The van der Waals surface area contributed by atoms with E-state index in [1.165, 1.54) is 0 Å². The Hall–Kier alpha value is -3.45. The van der Waals surface area contributed by atoms with Crippen LogP contribution >= 0.6 is 11.6 Å². The number of carbonyl (C=O) groups excluding carboxylic acids is 1. The largest absolute Gasteiger partial charge is 0.363 e. The van der Waals surface area contributed by atoms with Gasteiger partial charge in [-0.1, -0.05) is 35.9 Å². The number of hydrogen-bond acceptors (Lipinski definition) is 6. The van der Waals surface area contributed by atoms with Crippen molar-refractivity contribution in [3.8, 4) is 0 Å². The van der Waals surface area contributed by atoms with Gasteiger partial charge in [-0.05, 0) is 49.2 Å². The molecule has 7 nitrogen and oxygen atoms in total. The van der Waals surface area contributed by atoms with Crippen molar-refractivity contribution in [1.29, 1.82) is 0 Å². The predicted molar refractivity (Wildman–Crippen MR) is 130 cm³/mol. The number of carbonyl (C=O) groups is 1. The average molecular weight is 459 g/mol. The second-order valence-electron chi connectivity index (χ2n) is 8.76. The van der Waals surface area contributed by atoms with Crippen LogP contribution in [0.15, 0.2) is 72.1 Å². The molecule has 1 aromatic heterocycles. The molecule has 0 aliphatic carbocycles. The van der Waals surface area contributed by atoms with Gasteiger partial charge in [0.2, 0.25) is 5.95 Å². The van der Waals surface area contributed by atoms with E-state index in [-0.39, 0.29) is 11.9 Å². The summed E-state index contributed by atoms with van der Waals surface area (Å²) in [4.78, 5) is 27.6. The van der Waals surface area contributed by atoms with Crippen LogP contribution in [0.4, 0.5) is 17.3 Å². The van der Waals surface area contributed by atoms with Crippen molar-refractivity contribution in [3.63, 3.8) is 0 Å². The molecule has 3 aromatic rings. The minimum atomic E-state index is -0.774. The first-order valence-corrected chi connectivity index (χ1v) is 11.5. The van der Waals surface area contributed by atoms with E-state index in [4.69, 9.17) is 16.7 Å². The molecule has 8 heteroatoms. The fraction of sp³-hybridized carbons (Fsp3) is 0.280. The summed E-state index contributed by atoms with van der Waals surface area (Å²) in [5, 5.41) is 7.07. The van der Waals surface area contributed by atoms with Gasteiger partial charge in [0.1, 0.15) is 5.41 Å². The highest BCUT2D eigenvalue weighted by atomic mass is 35.5. The second kappa shape index (κ2) is 7.56. The zero-order valence-electron chi connectivity index (χ0n) is 18.2. The minimum Gasteiger partial charge on any atom is -0.363 e. The Balaban J connectivity index is 1.47. The Morgan fingerprint density at radius 2 is 1.82 bits per heavy atom. The van der Waals surface area contributed by atoms with Crippen molar-refractivity contribution in [2.24, 2.45) is 10.5 Å². The van der Waals surface area contributed by atoms with Gasteiger partial charge in [-0.15, -0.1) is 0 Å². The number of amides is 1. The highest BCUT2D eigenvalue weighted by Crippen LogP contribution is 2.48. The highest BCUT2D eigenvalue weighted by Gasteiger charge is 2.60. The number of rotatable bonds is 2. The van der Waals surface area contributed by atoms with E-state index in [1.54, 1.807) is 17.4 Å². The highest BCUT2D eigenvalue weighted by molar-refractivity contribution is 6.31. The van der Waals surface area contributed by atoms with Crippen molar-refractivity contribution < 1.29 is 4.79 Å². The number of fused-ring (bicyclic) bond motifs is 4. The fourth-order valence-corrected chi connectivity index (χ4v) is 5.63. The third-order valence-corrected chi connectivity index (χ3v) is 7.32. The summed E-state index contributed by atoms with van der Waals surface area (Å²) in [6, 6.07) is 17.3. The van der Waals surface area contributed by atoms with Crippen molar-refractivity contribution >= 4 is 40.5 Å². The van der Waals surface area contributed by atoms with Gasteiger partial charge in [0.15, 0.2) is 0 Å². The van der Waals surface area contributed by atoms with E-state index < -0.39 is 5.41 Å². The van der Waals surface area contributed by atoms with E-state index in [9.17, 15) is 4.79 Å². The standard InChI is InChI=1S/C25H23ClN6O/c1-17-25(23(33)32(29-17)20-6-3-2-4-7-20)15-18-8-9-19(26)14-21(18)31-13-12-30(16-22(25)31)24-27-10-5-11-28-24/h2-11,14,22H,12-13,15-16H2,1H3/t22-,25+/m1/s1. The van der Waals surface area contributed by atoms with Crippen molar-refractivity contribution in [3.05, 3.63) is 77.6 Å². The smallest absolute Gasteiger partial charge is 0.261 e. The molecule has 2 aromatic carbocycles. The molecule has 2 atom stereocenters. The first kappa shape index (κ1) is 20.2. The second-order valence-corrected chi connectivity index (χ2v) is 9.20. The molecule has 1 fully saturated rings. The lowest BCUT2D eigenvalue weighted by atomic mass is 9.67. The normalized spacial score (nSPS) is 24.1. The fourth-order valence-electron chi connectivity index (χ4n) is 5.46. The molecule has 1 saturated heterocycles. The summed E-state index contributed by atoms with van der Waals surface area (Å²) in [6.07, 6.45) is 4.09. The first-order chi connectivity index (χ1) is 16.1. The van der Waals surface area contributed by atoms with E-state index in [1.807, 2.05) is 61.5 Å². The Kier molecular flexibility index (Phi) is 4.62. The molecule has 6 rings (SSSR count). The van der Waals surface area contributed by atoms with Gasteiger partial charge in [0, 0.05) is 42.7 Å². The van der Waals surface area contributed by atoms with Crippen LogP contribution in [-0.2, 0) is 11.2 Å². The zero-order chi connectivity index (χ0) is 22.6. The number of halogens is 1. The molecule has 0 radical (unpaired) electrons. The van der Waals surface area contributed by atoms with Crippen molar-refractivity contribution in [1.82, 2.24) is 9.97 Å². The lowest BCUT2D eigenvalue weighted by Crippen LogP contribution is -2.67. The molecule has 3 aliphatic rings. The Morgan fingerprint density at radius 3 is 2.61 bits per heavy atom. The molecular formula is C25H23ClN6O. The summed E-state index contributed by atoms with van der Waals surface area (Å²) in [6.45, 7) is 4.11. The van der Waals surface area contributed by atoms with Gasteiger partial charge in [-0.2, -0.15) is 10.1 Å². The van der Waals surface area contributed by atoms with Gasteiger partial charge in [-0.3, -0.25) is 4.79 Å². The van der Waals surface area contributed by atoms with Gasteiger partial charge >= 0.3 is 0 Å². The monoisotopic (exact) mass is 458 g/mol. The SMILES string of the molecule is CC1=NN(c2ccccc2)C(=O)[C@@]12Cc1ccc(Cl)cc1N1CCN(c3ncccn3)C[C@@H]12. The maximum Gasteiger partial charge on any atom is 0.261 e. The van der Waals surface area contributed by atoms with Crippen LogP contribution in [0, 0.1) is 5.41 Å². The number of aromatic nitrogens is 2. The molecule has 0 unspecified atom stereocenters. The third kappa shape index (κ3) is 3.03. The summed E-state index contributed by atoms with van der Waals surface area (Å²) in [5.41, 5.74) is 3.07. The molecule has 33 heavy (non-hydrogen) atoms. The van der Waals surface area contributed by atoms with E-state index >= 15 is 0 Å². The van der Waals surface area contributed by atoms with Crippen LogP contribution in [0.3, 0.4) is 0 Å². The van der Waals surface area contributed by atoms with Gasteiger partial charge in [-0.25, -0.2) is 9.97 Å². The Labute approximate surface area is 197 Å². The molecule has 4 heterocycles. The first-order valence-electron chi connectivity index (χ1n) is 11.1. The number of nitrogens with zero attached hydrogens (tertiary/aromatic N) is 6. The number of hydrogen-bond donors (Lipinski definition) is 0. The zero-order valence-corrected chi connectivity index (χ0v) is 19.0. The Bertz CT molecular complexity index is 1250. The van der Waals surface area contributed by atoms with Crippen LogP contribution < -0.4 is 14.8 Å². The molecule has 0 N–H and O–H groups in total. The number of para-hydroxylation sites is 1. The number of piperazine rings is 1. The molecule has 0 saturated carbocycles. The van der Waals surface area contributed by atoms with Crippen molar-refractivity contribution in [2.75, 3.05) is 34.4 Å². The molecule has 1 amide bonds. The molecule has 166 valence electrons.